The number of carbonyl (C=O) groups is 1. The van der Waals surface area contributed by atoms with Crippen LogP contribution in [0, 0.1) is 15.9 Å². The van der Waals surface area contributed by atoms with E-state index in [1.807, 2.05) is 0 Å². The predicted octanol–water partition coefficient (Wildman–Crippen LogP) is 1.95. The zero-order chi connectivity index (χ0) is 14.7. The van der Waals surface area contributed by atoms with Gasteiger partial charge in [0, 0.05) is 23.2 Å². The van der Waals surface area contributed by atoms with Gasteiger partial charge in [-0.25, -0.2) is 4.98 Å². The SMILES string of the molecule is Nc1nc(CC(=O)Nc2ccc([N+](=O)[O-])c(F)c2)cs1. The Bertz CT molecular complexity index is 673. The number of hydrogen-bond acceptors (Lipinski definition) is 6. The fourth-order valence-electron chi connectivity index (χ4n) is 1.51. The number of carbonyl (C=O) groups excluding carboxylic acids is 1. The maximum atomic E-state index is 13.4. The van der Waals surface area contributed by atoms with Gasteiger partial charge >= 0.3 is 5.69 Å². The Hall–Kier alpha value is -2.55. The summed E-state index contributed by atoms with van der Waals surface area (Å²) in [6.45, 7) is 0. The molecule has 0 atom stereocenters. The molecule has 1 amide bonds. The van der Waals surface area contributed by atoms with Crippen molar-refractivity contribution in [3.63, 3.8) is 0 Å². The van der Waals surface area contributed by atoms with Crippen molar-refractivity contribution in [3.05, 3.63) is 45.2 Å². The van der Waals surface area contributed by atoms with Crippen LogP contribution in [-0.2, 0) is 11.2 Å². The average Bonchev–Trinajstić information content (AvgIpc) is 2.74. The van der Waals surface area contributed by atoms with E-state index in [1.54, 1.807) is 5.38 Å². The molecule has 2 rings (SSSR count). The molecule has 104 valence electrons. The normalized spacial score (nSPS) is 10.2. The Balaban J connectivity index is 2.04. The highest BCUT2D eigenvalue weighted by Crippen LogP contribution is 2.21. The van der Waals surface area contributed by atoms with E-state index in [1.165, 1.54) is 17.4 Å². The molecule has 1 aromatic carbocycles. The Kier molecular flexibility index (Phi) is 3.89. The summed E-state index contributed by atoms with van der Waals surface area (Å²) in [5, 5.41) is 14.9. The van der Waals surface area contributed by atoms with E-state index in [9.17, 15) is 19.3 Å². The van der Waals surface area contributed by atoms with Crippen LogP contribution in [0.2, 0.25) is 0 Å². The molecule has 1 heterocycles. The molecule has 0 bridgehead atoms. The molecule has 0 unspecified atom stereocenters. The molecule has 20 heavy (non-hydrogen) atoms. The quantitative estimate of drug-likeness (QED) is 0.661. The van der Waals surface area contributed by atoms with E-state index in [4.69, 9.17) is 5.73 Å². The second-order valence-corrected chi connectivity index (χ2v) is 4.72. The van der Waals surface area contributed by atoms with E-state index in [0.29, 0.717) is 10.8 Å². The van der Waals surface area contributed by atoms with Gasteiger partial charge in [0.15, 0.2) is 5.13 Å². The molecule has 0 saturated carbocycles. The van der Waals surface area contributed by atoms with Crippen LogP contribution in [0.4, 0.5) is 20.9 Å². The van der Waals surface area contributed by atoms with Gasteiger partial charge in [0.2, 0.25) is 11.7 Å². The van der Waals surface area contributed by atoms with E-state index >= 15 is 0 Å². The minimum Gasteiger partial charge on any atom is -0.375 e. The summed E-state index contributed by atoms with van der Waals surface area (Å²) in [4.78, 5) is 25.2. The molecule has 1 aromatic heterocycles. The van der Waals surface area contributed by atoms with E-state index in [0.717, 1.165) is 12.1 Å². The molecule has 0 aliphatic carbocycles. The van der Waals surface area contributed by atoms with Gasteiger partial charge < -0.3 is 11.1 Å². The highest BCUT2D eigenvalue weighted by molar-refractivity contribution is 7.13. The molecule has 9 heteroatoms. The van der Waals surface area contributed by atoms with Gasteiger partial charge in [-0.15, -0.1) is 11.3 Å². The summed E-state index contributed by atoms with van der Waals surface area (Å²) in [6.07, 6.45) is -0.00763. The van der Waals surface area contributed by atoms with Crippen molar-refractivity contribution in [2.75, 3.05) is 11.1 Å². The number of anilines is 2. The standard InChI is InChI=1S/C11H9FN4O3S/c12-8-3-6(1-2-9(8)16(18)19)14-10(17)4-7-5-20-11(13)15-7/h1-3,5H,4H2,(H2,13,15)(H,14,17). The van der Waals surface area contributed by atoms with Crippen LogP contribution in [0.5, 0.6) is 0 Å². The number of nitrogens with zero attached hydrogens (tertiary/aromatic N) is 2. The Morgan fingerprint density at radius 2 is 2.30 bits per heavy atom. The molecule has 0 saturated heterocycles. The Labute approximate surface area is 116 Å². The summed E-state index contributed by atoms with van der Waals surface area (Å²) in [6, 6.07) is 3.14. The van der Waals surface area contributed by atoms with Gasteiger partial charge in [0.25, 0.3) is 0 Å². The number of nitrogen functional groups attached to an aromatic ring is 1. The summed E-state index contributed by atoms with van der Waals surface area (Å²) in [7, 11) is 0. The van der Waals surface area contributed by atoms with E-state index < -0.39 is 22.3 Å². The fraction of sp³-hybridized carbons (Fsp3) is 0.0909. The lowest BCUT2D eigenvalue weighted by atomic mass is 10.2. The lowest BCUT2D eigenvalue weighted by Gasteiger charge is -2.04. The summed E-state index contributed by atoms with van der Waals surface area (Å²) < 4.78 is 13.4. The minimum atomic E-state index is -1.01. The number of rotatable bonds is 4. The molecule has 3 N–H and O–H groups in total. The van der Waals surface area contributed by atoms with Gasteiger partial charge in [0.1, 0.15) is 0 Å². The number of nitro benzene ring substituents is 1. The third-order valence-corrected chi connectivity index (χ3v) is 3.06. The lowest BCUT2D eigenvalue weighted by molar-refractivity contribution is -0.387. The molecule has 2 aromatic rings. The van der Waals surface area contributed by atoms with Crippen molar-refractivity contribution in [2.45, 2.75) is 6.42 Å². The first kappa shape index (κ1) is 13.9. The molecule has 0 aliphatic rings. The topological polar surface area (TPSA) is 111 Å². The molecule has 0 aliphatic heterocycles. The smallest absolute Gasteiger partial charge is 0.304 e. The number of halogens is 1. The predicted molar refractivity (Wildman–Crippen MR) is 71.9 cm³/mol. The van der Waals surface area contributed by atoms with Crippen LogP contribution in [0.25, 0.3) is 0 Å². The van der Waals surface area contributed by atoms with Crippen molar-refractivity contribution in [1.29, 1.82) is 0 Å². The van der Waals surface area contributed by atoms with Crippen molar-refractivity contribution in [1.82, 2.24) is 4.98 Å². The summed E-state index contributed by atoms with van der Waals surface area (Å²) in [5.74, 6) is -1.42. The number of thiazole rings is 1. The van der Waals surface area contributed by atoms with Crippen LogP contribution < -0.4 is 11.1 Å². The van der Waals surface area contributed by atoms with Crippen molar-refractivity contribution < 1.29 is 14.1 Å². The highest BCUT2D eigenvalue weighted by atomic mass is 32.1. The first-order chi connectivity index (χ1) is 9.45. The van der Waals surface area contributed by atoms with Crippen molar-refractivity contribution >= 4 is 33.8 Å². The number of nitro groups is 1. The van der Waals surface area contributed by atoms with Gasteiger partial charge in [-0.2, -0.15) is 4.39 Å². The molecular weight excluding hydrogens is 287 g/mol. The Morgan fingerprint density at radius 1 is 1.55 bits per heavy atom. The van der Waals surface area contributed by atoms with Gasteiger partial charge in [-0.05, 0) is 6.07 Å². The number of hydrogen-bond donors (Lipinski definition) is 2. The number of amides is 1. The van der Waals surface area contributed by atoms with E-state index in [-0.39, 0.29) is 12.1 Å². The zero-order valence-electron chi connectivity index (χ0n) is 10.00. The number of benzene rings is 1. The van der Waals surface area contributed by atoms with Crippen LogP contribution in [0.15, 0.2) is 23.6 Å². The van der Waals surface area contributed by atoms with Gasteiger partial charge in [-0.3, -0.25) is 14.9 Å². The van der Waals surface area contributed by atoms with Crippen molar-refractivity contribution in [2.24, 2.45) is 0 Å². The molecule has 0 radical (unpaired) electrons. The number of nitrogens with two attached hydrogens (primary N) is 1. The first-order valence-corrected chi connectivity index (χ1v) is 6.27. The number of aromatic nitrogens is 1. The maximum absolute atomic E-state index is 13.4. The molecular formula is C11H9FN4O3S. The third kappa shape index (κ3) is 3.26. The second-order valence-electron chi connectivity index (χ2n) is 3.83. The van der Waals surface area contributed by atoms with Crippen LogP contribution in [0.1, 0.15) is 5.69 Å². The van der Waals surface area contributed by atoms with Crippen molar-refractivity contribution in [3.8, 4) is 0 Å². The molecule has 0 spiro atoms. The third-order valence-electron chi connectivity index (χ3n) is 2.34. The highest BCUT2D eigenvalue weighted by Gasteiger charge is 2.15. The summed E-state index contributed by atoms with van der Waals surface area (Å²) in [5.41, 5.74) is 5.44. The zero-order valence-corrected chi connectivity index (χ0v) is 10.8. The lowest BCUT2D eigenvalue weighted by Crippen LogP contribution is -2.14. The molecule has 0 fully saturated rings. The summed E-state index contributed by atoms with van der Waals surface area (Å²) >= 11 is 1.21. The van der Waals surface area contributed by atoms with Gasteiger partial charge in [-0.1, -0.05) is 0 Å². The first-order valence-electron chi connectivity index (χ1n) is 5.39. The van der Waals surface area contributed by atoms with E-state index in [2.05, 4.69) is 10.3 Å². The number of nitrogens with one attached hydrogen (secondary N) is 1. The molecule has 7 nitrogen and oxygen atoms in total. The second kappa shape index (κ2) is 5.61. The minimum absolute atomic E-state index is 0.00763. The largest absolute Gasteiger partial charge is 0.375 e. The van der Waals surface area contributed by atoms with Crippen LogP contribution in [-0.4, -0.2) is 15.8 Å². The van der Waals surface area contributed by atoms with Gasteiger partial charge in [0.05, 0.1) is 17.0 Å². The maximum Gasteiger partial charge on any atom is 0.304 e. The monoisotopic (exact) mass is 296 g/mol. The van der Waals surface area contributed by atoms with Crippen LogP contribution in [0.3, 0.4) is 0 Å². The average molecular weight is 296 g/mol. The van der Waals surface area contributed by atoms with Crippen LogP contribution >= 0.6 is 11.3 Å². The fourth-order valence-corrected chi connectivity index (χ4v) is 2.07. The Morgan fingerprint density at radius 3 is 2.85 bits per heavy atom.